The molecule has 0 radical (unpaired) electrons. The highest BCUT2D eigenvalue weighted by molar-refractivity contribution is 9.10. The van der Waals surface area contributed by atoms with Crippen molar-refractivity contribution in [3.05, 3.63) is 40.9 Å². The highest BCUT2D eigenvalue weighted by atomic mass is 79.9. The number of esters is 1. The zero-order chi connectivity index (χ0) is 16.2. The van der Waals surface area contributed by atoms with Crippen LogP contribution in [-0.2, 0) is 19.1 Å². The van der Waals surface area contributed by atoms with Crippen molar-refractivity contribution in [3.8, 4) is 0 Å². The number of carbonyl (C=O) groups excluding carboxylic acids is 2. The predicted molar refractivity (Wildman–Crippen MR) is 86.9 cm³/mol. The summed E-state index contributed by atoms with van der Waals surface area (Å²) in [6, 6.07) is 7.56. The largest absolute Gasteiger partial charge is 0.466 e. The topological polar surface area (TPSA) is 55.8 Å². The molecule has 23 heavy (non-hydrogen) atoms. The van der Waals surface area contributed by atoms with Crippen molar-refractivity contribution in [1.29, 1.82) is 0 Å². The predicted octanol–water partition coefficient (Wildman–Crippen LogP) is 2.30. The van der Waals surface area contributed by atoms with Crippen LogP contribution < -0.4 is 4.90 Å². The van der Waals surface area contributed by atoms with E-state index < -0.39 is 17.4 Å². The highest BCUT2D eigenvalue weighted by Crippen LogP contribution is 2.52. The number of amides is 1. The second-order valence-electron chi connectivity index (χ2n) is 6.05. The minimum absolute atomic E-state index is 0.0720. The van der Waals surface area contributed by atoms with Crippen LogP contribution in [0, 0.1) is 11.8 Å². The van der Waals surface area contributed by atoms with E-state index in [1.807, 2.05) is 36.4 Å². The second-order valence-corrected chi connectivity index (χ2v) is 6.97. The Morgan fingerprint density at radius 2 is 2.17 bits per heavy atom. The summed E-state index contributed by atoms with van der Waals surface area (Å²) in [5.74, 6) is -1.47. The molecule has 2 bridgehead atoms. The molecule has 1 aromatic carbocycles. The van der Waals surface area contributed by atoms with Gasteiger partial charge in [0.05, 0.1) is 25.2 Å². The average molecular weight is 378 g/mol. The van der Waals surface area contributed by atoms with E-state index in [9.17, 15) is 9.59 Å². The summed E-state index contributed by atoms with van der Waals surface area (Å²) in [6.45, 7) is 2.50. The smallest absolute Gasteiger partial charge is 0.312 e. The molecule has 0 saturated carbocycles. The maximum Gasteiger partial charge on any atom is 0.312 e. The van der Waals surface area contributed by atoms with Crippen LogP contribution in [-0.4, -0.2) is 36.7 Å². The molecular weight excluding hydrogens is 362 g/mol. The van der Waals surface area contributed by atoms with Gasteiger partial charge in [0.2, 0.25) is 5.91 Å². The first-order valence-corrected chi connectivity index (χ1v) is 8.46. The first-order chi connectivity index (χ1) is 11.1. The molecule has 3 heterocycles. The minimum Gasteiger partial charge on any atom is -0.466 e. The second kappa shape index (κ2) is 5.18. The number of benzene rings is 1. The van der Waals surface area contributed by atoms with Gasteiger partial charge in [0.1, 0.15) is 11.5 Å². The molecule has 4 atom stereocenters. The third kappa shape index (κ3) is 2.08. The summed E-state index contributed by atoms with van der Waals surface area (Å²) in [6.07, 6.45) is 3.47. The molecule has 1 aromatic rings. The molecule has 0 aromatic heterocycles. The Bertz CT molecular complexity index is 701. The van der Waals surface area contributed by atoms with Crippen LogP contribution >= 0.6 is 15.9 Å². The number of ether oxygens (including phenoxy) is 2. The fraction of sp³-hybridized carbons (Fsp3) is 0.412. The summed E-state index contributed by atoms with van der Waals surface area (Å²) >= 11 is 3.39. The molecule has 2 saturated heterocycles. The lowest BCUT2D eigenvalue weighted by atomic mass is 9.77. The van der Waals surface area contributed by atoms with E-state index in [1.54, 1.807) is 11.8 Å². The lowest BCUT2D eigenvalue weighted by Gasteiger charge is -2.22. The molecular formula is C17H16BrNO4. The van der Waals surface area contributed by atoms with Gasteiger partial charge in [0.15, 0.2) is 0 Å². The molecule has 120 valence electrons. The lowest BCUT2D eigenvalue weighted by molar-refractivity contribution is -0.151. The maximum absolute atomic E-state index is 13.0. The molecule has 6 heteroatoms. The van der Waals surface area contributed by atoms with Gasteiger partial charge in [-0.3, -0.25) is 9.59 Å². The molecule has 3 aliphatic heterocycles. The van der Waals surface area contributed by atoms with Crippen molar-refractivity contribution >= 4 is 33.5 Å². The van der Waals surface area contributed by atoms with Gasteiger partial charge in [-0.25, -0.2) is 0 Å². The first kappa shape index (κ1) is 14.9. The Balaban J connectivity index is 1.68. The van der Waals surface area contributed by atoms with Crippen LogP contribution in [0.15, 0.2) is 40.9 Å². The SMILES string of the molecule is CCOC(=O)[C@@H]1[C@@H]2C=C[C@@]3(CN(c4ccc(Br)cc4)C(=O)[C@H]13)O2. The Hall–Kier alpha value is -1.66. The number of hydrogen-bond acceptors (Lipinski definition) is 4. The number of halogens is 1. The molecule has 4 rings (SSSR count). The lowest BCUT2D eigenvalue weighted by Crippen LogP contribution is -2.40. The minimum atomic E-state index is -0.702. The Labute approximate surface area is 142 Å². The average Bonchev–Trinajstić information content (AvgIpc) is 3.17. The Kier molecular flexibility index (Phi) is 3.35. The van der Waals surface area contributed by atoms with Crippen molar-refractivity contribution in [1.82, 2.24) is 0 Å². The molecule has 3 aliphatic rings. The number of carbonyl (C=O) groups is 2. The highest BCUT2D eigenvalue weighted by Gasteiger charge is 2.67. The van der Waals surface area contributed by atoms with Crippen LogP contribution in [0.5, 0.6) is 0 Å². The molecule has 5 nitrogen and oxygen atoms in total. The van der Waals surface area contributed by atoms with Gasteiger partial charge >= 0.3 is 5.97 Å². The summed E-state index contributed by atoms with van der Waals surface area (Å²) in [5.41, 5.74) is 0.108. The number of fused-ring (bicyclic) bond motifs is 1. The molecule has 2 fully saturated rings. The van der Waals surface area contributed by atoms with Crippen molar-refractivity contribution in [3.63, 3.8) is 0 Å². The van der Waals surface area contributed by atoms with Crippen LogP contribution in [0.25, 0.3) is 0 Å². The van der Waals surface area contributed by atoms with Gasteiger partial charge in [0, 0.05) is 10.2 Å². The van der Waals surface area contributed by atoms with E-state index in [0.717, 1.165) is 10.2 Å². The molecule has 1 spiro atoms. The quantitative estimate of drug-likeness (QED) is 0.598. The molecule has 1 amide bonds. The van der Waals surface area contributed by atoms with E-state index in [-0.39, 0.29) is 18.0 Å². The summed E-state index contributed by atoms with van der Waals surface area (Å²) in [5, 5.41) is 0. The Morgan fingerprint density at radius 3 is 2.87 bits per heavy atom. The molecule has 0 N–H and O–H groups in total. The van der Waals surface area contributed by atoms with Gasteiger partial charge in [-0.1, -0.05) is 28.1 Å². The molecule has 0 unspecified atom stereocenters. The van der Waals surface area contributed by atoms with Crippen molar-refractivity contribution in [2.24, 2.45) is 11.8 Å². The van der Waals surface area contributed by atoms with Crippen molar-refractivity contribution in [2.75, 3.05) is 18.1 Å². The van der Waals surface area contributed by atoms with E-state index in [1.165, 1.54) is 0 Å². The van der Waals surface area contributed by atoms with Gasteiger partial charge in [0.25, 0.3) is 0 Å². The van der Waals surface area contributed by atoms with Gasteiger partial charge in [-0.2, -0.15) is 0 Å². The Morgan fingerprint density at radius 1 is 1.43 bits per heavy atom. The van der Waals surface area contributed by atoms with Gasteiger partial charge in [-0.05, 0) is 31.2 Å². The molecule has 0 aliphatic carbocycles. The van der Waals surface area contributed by atoms with E-state index >= 15 is 0 Å². The third-order valence-electron chi connectivity index (χ3n) is 4.80. The number of nitrogens with zero attached hydrogens (tertiary/aromatic N) is 1. The van der Waals surface area contributed by atoms with Crippen LogP contribution in [0.4, 0.5) is 5.69 Å². The van der Waals surface area contributed by atoms with Gasteiger partial charge in [-0.15, -0.1) is 0 Å². The zero-order valence-corrected chi connectivity index (χ0v) is 14.2. The van der Waals surface area contributed by atoms with Crippen LogP contribution in [0.2, 0.25) is 0 Å². The van der Waals surface area contributed by atoms with Gasteiger partial charge < -0.3 is 14.4 Å². The van der Waals surface area contributed by atoms with E-state index in [2.05, 4.69) is 15.9 Å². The normalized spacial score (nSPS) is 34.1. The van der Waals surface area contributed by atoms with E-state index in [4.69, 9.17) is 9.47 Å². The fourth-order valence-corrected chi connectivity index (χ4v) is 4.11. The first-order valence-electron chi connectivity index (χ1n) is 7.66. The summed E-state index contributed by atoms with van der Waals surface area (Å²) in [7, 11) is 0. The maximum atomic E-state index is 13.0. The van der Waals surface area contributed by atoms with Crippen molar-refractivity contribution < 1.29 is 19.1 Å². The fourth-order valence-electron chi connectivity index (χ4n) is 3.85. The van der Waals surface area contributed by atoms with E-state index in [0.29, 0.717) is 13.2 Å². The third-order valence-corrected chi connectivity index (χ3v) is 5.33. The summed E-state index contributed by atoms with van der Waals surface area (Å²) in [4.78, 5) is 27.0. The standard InChI is InChI=1S/C17H16BrNO4/c1-2-22-16(21)13-12-7-8-17(23-12)9-19(15(20)14(13)17)11-5-3-10(18)4-6-11/h3-8,12-14H,2,9H2,1H3/t12-,13+,14-,17-/m0/s1. The summed E-state index contributed by atoms with van der Waals surface area (Å²) < 4.78 is 12.1. The van der Waals surface area contributed by atoms with Crippen molar-refractivity contribution in [2.45, 2.75) is 18.6 Å². The van der Waals surface area contributed by atoms with Crippen LogP contribution in [0.1, 0.15) is 6.92 Å². The van der Waals surface area contributed by atoms with Crippen LogP contribution in [0.3, 0.4) is 0 Å². The zero-order valence-electron chi connectivity index (χ0n) is 12.6. The number of hydrogen-bond donors (Lipinski definition) is 0. The number of rotatable bonds is 3. The monoisotopic (exact) mass is 377 g/mol. The number of anilines is 1.